The maximum Gasteiger partial charge on any atom is 0.194 e. The molecule has 1 aromatic heterocycles. The van der Waals surface area contributed by atoms with Crippen molar-refractivity contribution in [1.82, 2.24) is 4.98 Å². The fourth-order valence-electron chi connectivity index (χ4n) is 1.39. The number of halogens is 3. The highest BCUT2D eigenvalue weighted by molar-refractivity contribution is 6.35. The fourth-order valence-corrected chi connectivity index (χ4v) is 1.91. The molecule has 0 saturated carbocycles. The average molecular weight is 270 g/mol. The molecular formula is C12H6Cl2FNO. The number of aromatic nitrogens is 1. The van der Waals surface area contributed by atoms with Crippen LogP contribution in [0.1, 0.15) is 15.9 Å². The van der Waals surface area contributed by atoms with Gasteiger partial charge in [-0.25, -0.2) is 4.39 Å². The topological polar surface area (TPSA) is 30.0 Å². The van der Waals surface area contributed by atoms with E-state index in [-0.39, 0.29) is 11.3 Å². The molecule has 1 heterocycles. The van der Waals surface area contributed by atoms with E-state index < -0.39 is 5.82 Å². The Balaban J connectivity index is 2.43. The molecule has 0 fully saturated rings. The summed E-state index contributed by atoms with van der Waals surface area (Å²) in [7, 11) is 0. The third kappa shape index (κ3) is 2.81. The van der Waals surface area contributed by atoms with Gasteiger partial charge >= 0.3 is 0 Å². The van der Waals surface area contributed by atoms with Crippen molar-refractivity contribution in [3.8, 4) is 0 Å². The summed E-state index contributed by atoms with van der Waals surface area (Å²) in [6.45, 7) is 0. The van der Waals surface area contributed by atoms with Gasteiger partial charge in [0, 0.05) is 27.4 Å². The van der Waals surface area contributed by atoms with E-state index in [0.29, 0.717) is 15.6 Å². The molecule has 2 aromatic rings. The number of pyridine rings is 1. The van der Waals surface area contributed by atoms with Crippen LogP contribution in [-0.4, -0.2) is 10.8 Å². The number of carbonyl (C=O) groups excluding carboxylic acids is 1. The van der Waals surface area contributed by atoms with Gasteiger partial charge in [-0.15, -0.1) is 0 Å². The minimum absolute atomic E-state index is 0.156. The maximum absolute atomic E-state index is 12.9. The van der Waals surface area contributed by atoms with E-state index in [0.717, 1.165) is 12.3 Å². The van der Waals surface area contributed by atoms with Crippen molar-refractivity contribution in [2.24, 2.45) is 0 Å². The van der Waals surface area contributed by atoms with Crippen LogP contribution in [0, 0.1) is 5.82 Å². The number of hydrogen-bond acceptors (Lipinski definition) is 2. The number of hydrogen-bond donors (Lipinski definition) is 0. The number of nitrogens with zero attached hydrogens (tertiary/aromatic N) is 1. The van der Waals surface area contributed by atoms with Gasteiger partial charge < -0.3 is 0 Å². The van der Waals surface area contributed by atoms with Gasteiger partial charge in [0.2, 0.25) is 0 Å². The lowest BCUT2D eigenvalue weighted by Gasteiger charge is -2.02. The van der Waals surface area contributed by atoms with Crippen LogP contribution in [-0.2, 0) is 0 Å². The van der Waals surface area contributed by atoms with Crippen molar-refractivity contribution in [3.63, 3.8) is 0 Å². The van der Waals surface area contributed by atoms with E-state index in [1.54, 1.807) is 0 Å². The first-order valence-electron chi connectivity index (χ1n) is 4.67. The van der Waals surface area contributed by atoms with Gasteiger partial charge in [-0.1, -0.05) is 23.2 Å². The van der Waals surface area contributed by atoms with Crippen LogP contribution < -0.4 is 0 Å². The van der Waals surface area contributed by atoms with Crippen LogP contribution in [0.15, 0.2) is 36.7 Å². The Hall–Kier alpha value is -1.45. The second-order valence-corrected chi connectivity index (χ2v) is 4.25. The first kappa shape index (κ1) is 12.0. The molecular weight excluding hydrogens is 264 g/mol. The quantitative estimate of drug-likeness (QED) is 0.778. The monoisotopic (exact) mass is 269 g/mol. The molecule has 0 saturated heterocycles. The molecule has 0 unspecified atom stereocenters. The molecule has 86 valence electrons. The first-order chi connectivity index (χ1) is 8.06. The van der Waals surface area contributed by atoms with Crippen LogP contribution in [0.2, 0.25) is 10.0 Å². The van der Waals surface area contributed by atoms with E-state index in [1.807, 2.05) is 0 Å². The highest BCUT2D eigenvalue weighted by Crippen LogP contribution is 2.21. The number of rotatable bonds is 2. The van der Waals surface area contributed by atoms with E-state index in [2.05, 4.69) is 4.98 Å². The largest absolute Gasteiger partial charge is 0.289 e. The lowest BCUT2D eigenvalue weighted by Crippen LogP contribution is -2.02. The van der Waals surface area contributed by atoms with Gasteiger partial charge in [-0.05, 0) is 24.3 Å². The van der Waals surface area contributed by atoms with Crippen molar-refractivity contribution < 1.29 is 9.18 Å². The third-order valence-electron chi connectivity index (χ3n) is 2.09. The Labute approximate surface area is 107 Å². The Morgan fingerprint density at radius 2 is 1.65 bits per heavy atom. The van der Waals surface area contributed by atoms with Gasteiger partial charge in [0.1, 0.15) is 5.82 Å². The zero-order valence-electron chi connectivity index (χ0n) is 8.45. The maximum atomic E-state index is 12.9. The fraction of sp³-hybridized carbons (Fsp3) is 0. The summed E-state index contributed by atoms with van der Waals surface area (Å²) in [5.74, 6) is -0.939. The lowest BCUT2D eigenvalue weighted by atomic mass is 10.1. The molecule has 5 heteroatoms. The van der Waals surface area contributed by atoms with Gasteiger partial charge in [0.15, 0.2) is 5.78 Å². The van der Waals surface area contributed by atoms with Crippen LogP contribution in [0.3, 0.4) is 0 Å². The van der Waals surface area contributed by atoms with E-state index in [9.17, 15) is 9.18 Å². The van der Waals surface area contributed by atoms with Gasteiger partial charge in [-0.2, -0.15) is 0 Å². The Morgan fingerprint density at radius 1 is 1.00 bits per heavy atom. The SMILES string of the molecule is O=C(c1cncc(F)c1)c1cc(Cl)cc(Cl)c1. The zero-order chi connectivity index (χ0) is 12.4. The number of benzene rings is 1. The molecule has 0 aliphatic carbocycles. The standard InChI is InChI=1S/C12H6Cl2FNO/c13-9-1-7(2-10(14)4-9)12(17)8-3-11(15)6-16-5-8/h1-6H. The minimum atomic E-state index is -0.566. The molecule has 0 bridgehead atoms. The molecule has 0 radical (unpaired) electrons. The second-order valence-electron chi connectivity index (χ2n) is 3.38. The molecule has 0 spiro atoms. The van der Waals surface area contributed by atoms with Crippen molar-refractivity contribution in [2.45, 2.75) is 0 Å². The van der Waals surface area contributed by atoms with Crippen molar-refractivity contribution >= 4 is 29.0 Å². The zero-order valence-corrected chi connectivity index (χ0v) is 9.97. The molecule has 0 amide bonds. The Morgan fingerprint density at radius 3 is 2.24 bits per heavy atom. The van der Waals surface area contributed by atoms with Crippen LogP contribution >= 0.6 is 23.2 Å². The van der Waals surface area contributed by atoms with Crippen molar-refractivity contribution in [1.29, 1.82) is 0 Å². The second kappa shape index (κ2) is 4.82. The molecule has 0 aliphatic rings. The summed E-state index contributed by atoms with van der Waals surface area (Å²) >= 11 is 11.6. The van der Waals surface area contributed by atoms with Gasteiger partial charge in [0.05, 0.1) is 6.20 Å². The normalized spacial score (nSPS) is 10.3. The average Bonchev–Trinajstić information content (AvgIpc) is 2.26. The molecule has 0 N–H and O–H groups in total. The first-order valence-corrected chi connectivity index (χ1v) is 5.43. The smallest absolute Gasteiger partial charge is 0.194 e. The predicted octanol–water partition coefficient (Wildman–Crippen LogP) is 3.76. The Bertz CT molecular complexity index is 566. The van der Waals surface area contributed by atoms with Crippen LogP contribution in [0.4, 0.5) is 4.39 Å². The molecule has 0 aliphatic heterocycles. The lowest BCUT2D eigenvalue weighted by molar-refractivity contribution is 0.103. The van der Waals surface area contributed by atoms with E-state index >= 15 is 0 Å². The highest BCUT2D eigenvalue weighted by Gasteiger charge is 2.11. The van der Waals surface area contributed by atoms with Gasteiger partial charge in [-0.3, -0.25) is 9.78 Å². The summed E-state index contributed by atoms with van der Waals surface area (Å²) in [5.41, 5.74) is 0.457. The summed E-state index contributed by atoms with van der Waals surface area (Å²) in [6, 6.07) is 5.58. The summed E-state index contributed by atoms with van der Waals surface area (Å²) in [6.07, 6.45) is 2.32. The third-order valence-corrected chi connectivity index (χ3v) is 2.53. The summed E-state index contributed by atoms with van der Waals surface area (Å²) < 4.78 is 12.9. The van der Waals surface area contributed by atoms with E-state index in [1.165, 1.54) is 24.4 Å². The Kier molecular flexibility index (Phi) is 3.41. The molecule has 2 rings (SSSR count). The highest BCUT2D eigenvalue weighted by atomic mass is 35.5. The predicted molar refractivity (Wildman–Crippen MR) is 64.1 cm³/mol. The molecule has 1 aromatic carbocycles. The van der Waals surface area contributed by atoms with Crippen LogP contribution in [0.5, 0.6) is 0 Å². The van der Waals surface area contributed by atoms with E-state index in [4.69, 9.17) is 23.2 Å². The van der Waals surface area contributed by atoms with Crippen LogP contribution in [0.25, 0.3) is 0 Å². The summed E-state index contributed by atoms with van der Waals surface area (Å²) in [4.78, 5) is 15.6. The minimum Gasteiger partial charge on any atom is -0.289 e. The number of ketones is 1. The van der Waals surface area contributed by atoms with Crippen molar-refractivity contribution in [3.05, 3.63) is 63.6 Å². The summed E-state index contributed by atoms with van der Waals surface area (Å²) in [5, 5.41) is 0.704. The van der Waals surface area contributed by atoms with Crippen molar-refractivity contribution in [2.75, 3.05) is 0 Å². The molecule has 17 heavy (non-hydrogen) atoms. The van der Waals surface area contributed by atoms with Gasteiger partial charge in [0.25, 0.3) is 0 Å². The molecule has 0 atom stereocenters. The number of carbonyl (C=O) groups is 1. The molecule has 2 nitrogen and oxygen atoms in total.